The molecule has 18 heavy (non-hydrogen) atoms. The molecule has 0 atom stereocenters. The van der Waals surface area contributed by atoms with Crippen molar-refractivity contribution in [2.75, 3.05) is 7.11 Å². The second-order valence-corrected chi connectivity index (χ2v) is 3.61. The topological polar surface area (TPSA) is 9.23 Å². The van der Waals surface area contributed by atoms with E-state index in [0.717, 1.165) is 7.11 Å². The van der Waals surface area contributed by atoms with Crippen molar-refractivity contribution in [3.63, 3.8) is 0 Å². The van der Waals surface area contributed by atoms with Crippen molar-refractivity contribution in [2.45, 2.75) is 18.2 Å². The molecular weight excluding hydrogens is 286 g/mol. The smallest absolute Gasteiger partial charge is 0.417 e. The molecule has 1 rings (SSSR count). The largest absolute Gasteiger partial charge is 0.496 e. The minimum absolute atomic E-state index is 0.153. The van der Waals surface area contributed by atoms with Gasteiger partial charge < -0.3 is 4.74 Å². The molecule has 0 unspecified atom stereocenters. The fourth-order valence-electron chi connectivity index (χ4n) is 1.39. The number of ether oxygens (including phenoxy) is 1. The molecule has 0 radical (unpaired) electrons. The van der Waals surface area contributed by atoms with E-state index in [9.17, 15) is 26.3 Å². The van der Waals surface area contributed by atoms with Crippen molar-refractivity contribution in [3.8, 4) is 5.75 Å². The monoisotopic (exact) mass is 292 g/mol. The van der Waals surface area contributed by atoms with Gasteiger partial charge in [-0.15, -0.1) is 11.6 Å². The molecule has 1 aromatic rings. The van der Waals surface area contributed by atoms with Crippen LogP contribution in [0.1, 0.15) is 16.7 Å². The summed E-state index contributed by atoms with van der Waals surface area (Å²) in [6.07, 6.45) is -10.2. The summed E-state index contributed by atoms with van der Waals surface area (Å²) >= 11 is 5.37. The highest BCUT2D eigenvalue weighted by Crippen LogP contribution is 2.43. The van der Waals surface area contributed by atoms with Gasteiger partial charge in [0.05, 0.1) is 24.1 Å². The third-order valence-electron chi connectivity index (χ3n) is 2.18. The Hall–Kier alpha value is -1.11. The van der Waals surface area contributed by atoms with E-state index in [4.69, 9.17) is 11.6 Å². The molecule has 8 heteroatoms. The molecular formula is C10H7ClF6O. The highest BCUT2D eigenvalue weighted by Gasteiger charge is 2.43. The van der Waals surface area contributed by atoms with Gasteiger partial charge in [0, 0.05) is 5.56 Å². The molecule has 0 aliphatic heterocycles. The van der Waals surface area contributed by atoms with E-state index >= 15 is 0 Å². The Balaban J connectivity index is 3.57. The van der Waals surface area contributed by atoms with Crippen LogP contribution >= 0.6 is 11.6 Å². The van der Waals surface area contributed by atoms with Crippen LogP contribution in [-0.2, 0) is 18.2 Å². The van der Waals surface area contributed by atoms with E-state index < -0.39 is 23.5 Å². The van der Waals surface area contributed by atoms with Gasteiger partial charge in [0.2, 0.25) is 0 Å². The summed E-state index contributed by atoms with van der Waals surface area (Å²) in [5.74, 6) is -0.713. The normalized spacial score (nSPS) is 12.7. The third kappa shape index (κ3) is 3.01. The van der Waals surface area contributed by atoms with Crippen LogP contribution in [-0.4, -0.2) is 7.11 Å². The Kier molecular flexibility index (Phi) is 4.05. The molecule has 1 aromatic carbocycles. The highest BCUT2D eigenvalue weighted by molar-refractivity contribution is 6.17. The number of halogens is 7. The number of hydrogen-bond acceptors (Lipinski definition) is 1. The van der Waals surface area contributed by atoms with Crippen molar-refractivity contribution in [1.82, 2.24) is 0 Å². The number of methoxy groups -OCH3 is 1. The second-order valence-electron chi connectivity index (χ2n) is 3.34. The average molecular weight is 293 g/mol. The van der Waals surface area contributed by atoms with E-state index in [1.165, 1.54) is 0 Å². The Morgan fingerprint density at radius 3 is 1.78 bits per heavy atom. The van der Waals surface area contributed by atoms with Crippen LogP contribution in [0.3, 0.4) is 0 Å². The van der Waals surface area contributed by atoms with Gasteiger partial charge in [-0.1, -0.05) is 0 Å². The number of benzene rings is 1. The zero-order chi connectivity index (χ0) is 14.1. The molecule has 1 nitrogen and oxygen atoms in total. The Bertz CT molecular complexity index is 396. The van der Waals surface area contributed by atoms with Crippen molar-refractivity contribution < 1.29 is 31.1 Å². The lowest BCUT2D eigenvalue weighted by Crippen LogP contribution is -2.17. The quantitative estimate of drug-likeness (QED) is 0.577. The molecule has 0 aromatic heterocycles. The van der Waals surface area contributed by atoms with Crippen LogP contribution in [0, 0.1) is 0 Å². The number of hydrogen-bond donors (Lipinski definition) is 0. The molecule has 0 aliphatic rings. The van der Waals surface area contributed by atoms with Gasteiger partial charge in [0.15, 0.2) is 0 Å². The van der Waals surface area contributed by atoms with Crippen LogP contribution in [0.4, 0.5) is 26.3 Å². The van der Waals surface area contributed by atoms with E-state index in [0.29, 0.717) is 12.1 Å². The van der Waals surface area contributed by atoms with Crippen molar-refractivity contribution >= 4 is 11.6 Å². The van der Waals surface area contributed by atoms with E-state index in [2.05, 4.69) is 4.74 Å². The zero-order valence-electron chi connectivity index (χ0n) is 8.92. The second kappa shape index (κ2) is 4.87. The minimum atomic E-state index is -5.12. The lowest BCUT2D eigenvalue weighted by Gasteiger charge is -2.18. The molecule has 0 saturated heterocycles. The van der Waals surface area contributed by atoms with Gasteiger partial charge in [-0.3, -0.25) is 0 Å². The molecule has 0 amide bonds. The predicted octanol–water partition coefficient (Wildman–Crippen LogP) is 4.47. The van der Waals surface area contributed by atoms with Gasteiger partial charge in [-0.2, -0.15) is 26.3 Å². The maximum Gasteiger partial charge on any atom is 0.417 e. The van der Waals surface area contributed by atoms with Crippen LogP contribution in [0.5, 0.6) is 5.75 Å². The third-order valence-corrected chi connectivity index (χ3v) is 2.46. The maximum atomic E-state index is 12.5. The Labute approximate surface area is 103 Å². The zero-order valence-corrected chi connectivity index (χ0v) is 9.67. The first-order valence-corrected chi connectivity index (χ1v) is 5.06. The standard InChI is InChI=1S/C10H7ClF6O/c1-18-8-3-7(10(15,16)17)6(9(12,13)14)2-5(8)4-11/h2-3H,4H2,1H3. The number of rotatable bonds is 2. The molecule has 0 bridgehead atoms. The first kappa shape index (κ1) is 14.9. The Morgan fingerprint density at radius 1 is 1.00 bits per heavy atom. The molecule has 0 spiro atoms. The van der Waals surface area contributed by atoms with Crippen LogP contribution in [0.2, 0.25) is 0 Å². The van der Waals surface area contributed by atoms with Gasteiger partial charge in [-0.05, 0) is 12.1 Å². The summed E-state index contributed by atoms with van der Waals surface area (Å²) in [5.41, 5.74) is -3.72. The SMILES string of the molecule is COc1cc(C(F)(F)F)c(C(F)(F)F)cc1CCl. The van der Waals surface area contributed by atoms with E-state index in [1.807, 2.05) is 0 Å². The fraction of sp³-hybridized carbons (Fsp3) is 0.400. The van der Waals surface area contributed by atoms with E-state index in [1.54, 1.807) is 0 Å². The molecule has 0 aliphatic carbocycles. The predicted molar refractivity (Wildman–Crippen MR) is 52.6 cm³/mol. The summed E-state index contributed by atoms with van der Waals surface area (Å²) in [5, 5.41) is 0. The summed E-state index contributed by atoms with van der Waals surface area (Å²) in [6.45, 7) is 0. The van der Waals surface area contributed by atoms with Crippen molar-refractivity contribution in [2.24, 2.45) is 0 Å². The average Bonchev–Trinajstić information content (AvgIpc) is 2.24. The molecule has 0 N–H and O–H groups in total. The first-order valence-electron chi connectivity index (χ1n) is 4.52. The first-order chi connectivity index (χ1) is 8.11. The van der Waals surface area contributed by atoms with Crippen LogP contribution in [0.25, 0.3) is 0 Å². The van der Waals surface area contributed by atoms with Crippen molar-refractivity contribution in [1.29, 1.82) is 0 Å². The molecule has 102 valence electrons. The molecule has 0 saturated carbocycles. The van der Waals surface area contributed by atoms with Crippen LogP contribution in [0.15, 0.2) is 12.1 Å². The van der Waals surface area contributed by atoms with Crippen molar-refractivity contribution in [3.05, 3.63) is 28.8 Å². The molecule has 0 fully saturated rings. The summed E-state index contributed by atoms with van der Waals surface area (Å²) < 4.78 is 79.9. The summed E-state index contributed by atoms with van der Waals surface area (Å²) in [6, 6.07) is 0.662. The highest BCUT2D eigenvalue weighted by atomic mass is 35.5. The fourth-order valence-corrected chi connectivity index (χ4v) is 1.60. The van der Waals surface area contributed by atoms with Crippen LogP contribution < -0.4 is 4.74 Å². The van der Waals surface area contributed by atoms with Gasteiger partial charge in [-0.25, -0.2) is 0 Å². The molecule has 0 heterocycles. The summed E-state index contributed by atoms with van der Waals surface area (Å²) in [4.78, 5) is 0. The summed E-state index contributed by atoms with van der Waals surface area (Å²) in [7, 11) is 1.05. The lowest BCUT2D eigenvalue weighted by atomic mass is 10.0. The van der Waals surface area contributed by atoms with Gasteiger partial charge in [0.1, 0.15) is 5.75 Å². The maximum absolute atomic E-state index is 12.5. The van der Waals surface area contributed by atoms with E-state index in [-0.39, 0.29) is 17.2 Å². The number of alkyl halides is 7. The van der Waals surface area contributed by atoms with Gasteiger partial charge >= 0.3 is 12.4 Å². The Morgan fingerprint density at radius 2 is 1.44 bits per heavy atom. The lowest BCUT2D eigenvalue weighted by molar-refractivity contribution is -0.162. The van der Waals surface area contributed by atoms with Gasteiger partial charge in [0.25, 0.3) is 0 Å². The minimum Gasteiger partial charge on any atom is -0.496 e.